The molecule has 0 bridgehead atoms. The van der Waals surface area contributed by atoms with E-state index in [0.29, 0.717) is 0 Å². The van der Waals surface area contributed by atoms with Crippen molar-refractivity contribution in [3.05, 3.63) is 35.3 Å². The molecule has 0 unspecified atom stereocenters. The fourth-order valence-corrected chi connectivity index (χ4v) is 4.24. The molecule has 0 atom stereocenters. The SMILES string of the molecule is CC[n+]1c(C)sc2c3ccc(S(=O)(=O)O)cc3ccc21. The van der Waals surface area contributed by atoms with Gasteiger partial charge in [-0.15, -0.1) is 0 Å². The summed E-state index contributed by atoms with van der Waals surface area (Å²) in [6.07, 6.45) is 0. The number of aromatic nitrogens is 1. The van der Waals surface area contributed by atoms with Crippen LogP contribution >= 0.6 is 11.3 Å². The Morgan fingerprint density at radius 3 is 2.65 bits per heavy atom. The second kappa shape index (κ2) is 4.51. The maximum Gasteiger partial charge on any atom is 0.294 e. The van der Waals surface area contributed by atoms with Crippen LogP contribution < -0.4 is 4.57 Å². The molecule has 1 heterocycles. The Hall–Kier alpha value is -1.50. The second-order valence-electron chi connectivity index (χ2n) is 4.64. The number of rotatable bonds is 2. The minimum Gasteiger partial charge on any atom is -0.282 e. The highest BCUT2D eigenvalue weighted by Gasteiger charge is 2.18. The van der Waals surface area contributed by atoms with Crippen LogP contribution in [0.5, 0.6) is 0 Å². The van der Waals surface area contributed by atoms with E-state index in [4.69, 9.17) is 4.55 Å². The molecule has 0 radical (unpaired) electrons. The van der Waals surface area contributed by atoms with Gasteiger partial charge < -0.3 is 0 Å². The van der Waals surface area contributed by atoms with Crippen molar-refractivity contribution < 1.29 is 17.5 Å². The smallest absolute Gasteiger partial charge is 0.282 e. The topological polar surface area (TPSA) is 58.2 Å². The number of hydrogen-bond donors (Lipinski definition) is 1. The van der Waals surface area contributed by atoms with Crippen molar-refractivity contribution >= 4 is 42.4 Å². The Morgan fingerprint density at radius 1 is 1.25 bits per heavy atom. The van der Waals surface area contributed by atoms with Crippen LogP contribution in [0, 0.1) is 6.92 Å². The van der Waals surface area contributed by atoms with Gasteiger partial charge in [-0.05, 0) is 30.5 Å². The molecular weight excluding hydrogens is 294 g/mol. The molecule has 20 heavy (non-hydrogen) atoms. The molecular formula is C14H14NO3S2+. The van der Waals surface area contributed by atoms with Gasteiger partial charge >= 0.3 is 0 Å². The van der Waals surface area contributed by atoms with Crippen molar-refractivity contribution in [2.24, 2.45) is 0 Å². The van der Waals surface area contributed by atoms with E-state index in [2.05, 4.69) is 18.4 Å². The lowest BCUT2D eigenvalue weighted by molar-refractivity contribution is -0.669. The average molecular weight is 308 g/mol. The van der Waals surface area contributed by atoms with Crippen molar-refractivity contribution in [3.8, 4) is 0 Å². The first-order valence-corrected chi connectivity index (χ1v) is 8.50. The summed E-state index contributed by atoms with van der Waals surface area (Å²) in [5.74, 6) is 0. The first-order valence-electron chi connectivity index (χ1n) is 6.25. The minimum absolute atomic E-state index is 0.0685. The largest absolute Gasteiger partial charge is 0.294 e. The Bertz CT molecular complexity index is 926. The van der Waals surface area contributed by atoms with Gasteiger partial charge in [-0.25, -0.2) is 0 Å². The third kappa shape index (κ3) is 2.00. The summed E-state index contributed by atoms with van der Waals surface area (Å²) in [5.41, 5.74) is 1.15. The summed E-state index contributed by atoms with van der Waals surface area (Å²) >= 11 is 1.70. The van der Waals surface area contributed by atoms with E-state index in [1.165, 1.54) is 17.1 Å². The molecule has 1 N–H and O–H groups in total. The van der Waals surface area contributed by atoms with Crippen molar-refractivity contribution in [2.75, 3.05) is 0 Å². The molecule has 0 aliphatic heterocycles. The van der Waals surface area contributed by atoms with E-state index >= 15 is 0 Å². The van der Waals surface area contributed by atoms with Crippen LogP contribution in [0.25, 0.3) is 21.0 Å². The van der Waals surface area contributed by atoms with Crippen molar-refractivity contribution in [1.29, 1.82) is 0 Å². The first-order chi connectivity index (χ1) is 9.41. The van der Waals surface area contributed by atoms with Crippen LogP contribution in [0.2, 0.25) is 0 Å². The third-order valence-electron chi connectivity index (χ3n) is 3.46. The number of aryl methyl sites for hydroxylation is 2. The normalized spacial score (nSPS) is 12.3. The van der Waals surface area contributed by atoms with E-state index < -0.39 is 10.1 Å². The lowest BCUT2D eigenvalue weighted by atomic mass is 10.1. The molecule has 0 saturated carbocycles. The summed E-state index contributed by atoms with van der Waals surface area (Å²) in [6, 6.07) is 8.61. The molecule has 0 amide bonds. The molecule has 3 rings (SSSR count). The van der Waals surface area contributed by atoms with Gasteiger partial charge in [0.2, 0.25) is 10.5 Å². The molecule has 0 aliphatic carbocycles. The van der Waals surface area contributed by atoms with Crippen LogP contribution in [0.15, 0.2) is 35.2 Å². The summed E-state index contributed by atoms with van der Waals surface area (Å²) in [4.78, 5) is -0.0685. The molecule has 0 aliphatic rings. The predicted molar refractivity (Wildman–Crippen MR) is 79.8 cm³/mol. The van der Waals surface area contributed by atoms with Gasteiger partial charge in [0.25, 0.3) is 10.1 Å². The maximum absolute atomic E-state index is 11.2. The number of benzene rings is 2. The van der Waals surface area contributed by atoms with Gasteiger partial charge in [0.05, 0.1) is 4.90 Å². The number of nitrogens with zero attached hydrogens (tertiary/aromatic N) is 1. The average Bonchev–Trinajstić information content (AvgIpc) is 2.72. The zero-order valence-electron chi connectivity index (χ0n) is 11.1. The van der Waals surface area contributed by atoms with E-state index in [1.54, 1.807) is 17.4 Å². The minimum atomic E-state index is -4.16. The van der Waals surface area contributed by atoms with Crippen molar-refractivity contribution in [2.45, 2.75) is 25.3 Å². The fraction of sp³-hybridized carbons (Fsp3) is 0.214. The van der Waals surface area contributed by atoms with Gasteiger partial charge in [-0.1, -0.05) is 17.4 Å². The summed E-state index contributed by atoms with van der Waals surface area (Å²) in [7, 11) is -4.16. The highest BCUT2D eigenvalue weighted by atomic mass is 32.2. The Labute approximate surface area is 121 Å². The van der Waals surface area contributed by atoms with Gasteiger partial charge in [0.1, 0.15) is 11.2 Å². The van der Waals surface area contributed by atoms with Crippen LogP contribution in [-0.4, -0.2) is 13.0 Å². The van der Waals surface area contributed by atoms with Gasteiger partial charge in [0.15, 0.2) is 0 Å². The quantitative estimate of drug-likeness (QED) is 0.585. The van der Waals surface area contributed by atoms with Crippen molar-refractivity contribution in [3.63, 3.8) is 0 Å². The molecule has 0 spiro atoms. The lowest BCUT2D eigenvalue weighted by Crippen LogP contribution is -2.33. The molecule has 0 fully saturated rings. The highest BCUT2D eigenvalue weighted by molar-refractivity contribution is 7.85. The molecule has 4 nitrogen and oxygen atoms in total. The maximum atomic E-state index is 11.2. The van der Waals surface area contributed by atoms with E-state index in [9.17, 15) is 8.42 Å². The predicted octanol–water partition coefficient (Wildman–Crippen LogP) is 2.92. The van der Waals surface area contributed by atoms with Gasteiger partial charge in [0, 0.05) is 18.4 Å². The van der Waals surface area contributed by atoms with E-state index in [0.717, 1.165) is 27.5 Å². The number of hydrogen-bond acceptors (Lipinski definition) is 3. The zero-order chi connectivity index (χ0) is 14.5. The van der Waals surface area contributed by atoms with Crippen LogP contribution in [0.1, 0.15) is 11.9 Å². The van der Waals surface area contributed by atoms with Gasteiger partial charge in [-0.2, -0.15) is 13.0 Å². The molecule has 3 aromatic rings. The Morgan fingerprint density at radius 2 is 2.00 bits per heavy atom. The van der Waals surface area contributed by atoms with E-state index in [-0.39, 0.29) is 4.90 Å². The molecule has 2 aromatic carbocycles. The van der Waals surface area contributed by atoms with Crippen molar-refractivity contribution in [1.82, 2.24) is 0 Å². The zero-order valence-corrected chi connectivity index (χ0v) is 12.8. The van der Waals surface area contributed by atoms with Gasteiger partial charge in [-0.3, -0.25) is 4.55 Å². The number of fused-ring (bicyclic) bond motifs is 3. The molecule has 104 valence electrons. The molecule has 0 saturated heterocycles. The summed E-state index contributed by atoms with van der Waals surface area (Å²) in [6.45, 7) is 5.08. The summed E-state index contributed by atoms with van der Waals surface area (Å²) < 4.78 is 34.9. The van der Waals surface area contributed by atoms with Crippen LogP contribution in [0.4, 0.5) is 0 Å². The standard InChI is InChI=1S/C14H13NO3S2/c1-3-15-9(2)19-14-12-6-5-11(20(16,17)18)8-10(12)4-7-13(14)15/h4-8H,3H2,1-2H3/p+1. The lowest BCUT2D eigenvalue weighted by Gasteiger charge is -2.01. The molecule has 1 aromatic heterocycles. The van der Waals surface area contributed by atoms with E-state index in [1.807, 2.05) is 12.1 Å². The Kier molecular flexibility index (Phi) is 3.04. The monoisotopic (exact) mass is 308 g/mol. The van der Waals surface area contributed by atoms with Crippen LogP contribution in [0.3, 0.4) is 0 Å². The Balaban J connectivity index is 2.39. The number of thiazole rings is 1. The summed E-state index contributed by atoms with van der Waals surface area (Å²) in [5, 5.41) is 3.04. The fourth-order valence-electron chi connectivity index (χ4n) is 2.51. The van der Waals surface area contributed by atoms with Crippen LogP contribution in [-0.2, 0) is 16.7 Å². The highest BCUT2D eigenvalue weighted by Crippen LogP contribution is 2.30. The second-order valence-corrected chi connectivity index (χ2v) is 7.26. The third-order valence-corrected chi connectivity index (χ3v) is 5.45. The molecule has 6 heteroatoms. The first kappa shape index (κ1) is 13.5.